The second kappa shape index (κ2) is 11.4. The highest BCUT2D eigenvalue weighted by molar-refractivity contribution is 6.09. The van der Waals surface area contributed by atoms with Crippen LogP contribution in [0.3, 0.4) is 0 Å². The van der Waals surface area contributed by atoms with E-state index in [-0.39, 0.29) is 23.4 Å². The molecule has 4 aromatic rings. The molecular weight excluding hydrogens is 462 g/mol. The van der Waals surface area contributed by atoms with Crippen LogP contribution in [0.5, 0.6) is 0 Å². The number of nitrogens with one attached hydrogen (secondary N) is 2. The van der Waals surface area contributed by atoms with Crippen LogP contribution >= 0.6 is 0 Å². The molecule has 2 amide bonds. The van der Waals surface area contributed by atoms with Gasteiger partial charge in [0.25, 0.3) is 5.56 Å². The van der Waals surface area contributed by atoms with Gasteiger partial charge in [0.15, 0.2) is 0 Å². The van der Waals surface area contributed by atoms with Gasteiger partial charge < -0.3 is 10.3 Å². The summed E-state index contributed by atoms with van der Waals surface area (Å²) in [6.45, 7) is 10.9. The lowest BCUT2D eigenvalue weighted by Gasteiger charge is -2.27. The number of pyridine rings is 3. The van der Waals surface area contributed by atoms with Crippen molar-refractivity contribution in [3.8, 4) is 11.1 Å². The van der Waals surface area contributed by atoms with Crippen molar-refractivity contribution >= 4 is 28.4 Å². The molecule has 0 radical (unpaired) electrons. The van der Waals surface area contributed by atoms with Gasteiger partial charge in [-0.1, -0.05) is 65.3 Å². The number of nitrogens with zero attached hydrogens (tertiary/aromatic N) is 3. The minimum Gasteiger partial charge on any atom is -0.307 e. The van der Waals surface area contributed by atoms with E-state index in [2.05, 4.69) is 67.0 Å². The molecule has 3 aromatic heterocycles. The topological polar surface area (TPSA) is 91.0 Å². The molecule has 192 valence electrons. The van der Waals surface area contributed by atoms with Crippen molar-refractivity contribution < 1.29 is 4.79 Å². The Morgan fingerprint density at radius 3 is 2.32 bits per heavy atom. The summed E-state index contributed by atoms with van der Waals surface area (Å²) in [5, 5.41) is 3.96. The number of urea groups is 1. The second-order valence-electron chi connectivity index (χ2n) is 9.88. The molecule has 4 rings (SSSR count). The van der Waals surface area contributed by atoms with Crippen molar-refractivity contribution in [2.75, 3.05) is 16.8 Å². The molecule has 0 aliphatic heterocycles. The van der Waals surface area contributed by atoms with Gasteiger partial charge in [0, 0.05) is 47.3 Å². The standard InChI is InChI=1S/C30H35N5O2/c1-6-7-17-35(30(37)33-26-22(19(2)3)12-8-13-23(26)20(4)5)27-25(21-11-9-15-31-18-21)24-14-10-16-32-28(24)34-29(27)36/h8-16,18-20H,6-7,17H2,1-5H3,(H,33,37)(H,32,34,36). The number of carbonyl (C=O) groups is 1. The lowest BCUT2D eigenvalue weighted by atomic mass is 9.92. The number of H-pyrrole nitrogens is 1. The van der Waals surface area contributed by atoms with Crippen LogP contribution in [0.25, 0.3) is 22.2 Å². The fourth-order valence-corrected chi connectivity index (χ4v) is 4.68. The van der Waals surface area contributed by atoms with Gasteiger partial charge in [-0.05, 0) is 47.6 Å². The van der Waals surface area contributed by atoms with Gasteiger partial charge >= 0.3 is 6.03 Å². The summed E-state index contributed by atoms with van der Waals surface area (Å²) in [4.78, 5) is 40.8. The van der Waals surface area contributed by atoms with Gasteiger partial charge in [0.2, 0.25) is 0 Å². The zero-order valence-corrected chi connectivity index (χ0v) is 22.2. The third kappa shape index (κ3) is 5.40. The first-order chi connectivity index (χ1) is 17.8. The number of rotatable bonds is 8. The van der Waals surface area contributed by atoms with Crippen molar-refractivity contribution in [1.29, 1.82) is 0 Å². The molecular formula is C30H35N5O2. The predicted octanol–water partition coefficient (Wildman–Crippen LogP) is 7.07. The van der Waals surface area contributed by atoms with Crippen LogP contribution in [0.15, 0.2) is 65.8 Å². The van der Waals surface area contributed by atoms with Gasteiger partial charge in [-0.25, -0.2) is 9.78 Å². The molecule has 0 aliphatic carbocycles. The zero-order chi connectivity index (χ0) is 26.5. The maximum atomic E-state index is 14.1. The summed E-state index contributed by atoms with van der Waals surface area (Å²) in [7, 11) is 0. The summed E-state index contributed by atoms with van der Waals surface area (Å²) >= 11 is 0. The molecule has 3 heterocycles. The smallest absolute Gasteiger partial charge is 0.307 e. The first kappa shape index (κ1) is 26.1. The van der Waals surface area contributed by atoms with Crippen LogP contribution in [0.1, 0.15) is 70.4 Å². The molecule has 0 unspecified atom stereocenters. The molecule has 0 spiro atoms. The summed E-state index contributed by atoms with van der Waals surface area (Å²) in [6, 6.07) is 13.3. The van der Waals surface area contributed by atoms with Crippen molar-refractivity contribution in [2.45, 2.75) is 59.3 Å². The zero-order valence-electron chi connectivity index (χ0n) is 22.2. The van der Waals surface area contributed by atoms with Crippen molar-refractivity contribution in [3.63, 3.8) is 0 Å². The number of hydrogen-bond acceptors (Lipinski definition) is 4. The number of aromatic amines is 1. The molecule has 7 nitrogen and oxygen atoms in total. The van der Waals surface area contributed by atoms with Crippen molar-refractivity contribution in [2.24, 2.45) is 0 Å². The van der Waals surface area contributed by atoms with E-state index in [9.17, 15) is 9.59 Å². The molecule has 2 N–H and O–H groups in total. The van der Waals surface area contributed by atoms with Crippen molar-refractivity contribution in [3.05, 3.63) is 82.5 Å². The molecule has 0 aliphatic rings. The Morgan fingerprint density at radius 2 is 1.70 bits per heavy atom. The Hall–Kier alpha value is -4.00. The van der Waals surface area contributed by atoms with E-state index in [1.807, 2.05) is 30.3 Å². The molecule has 0 saturated heterocycles. The Balaban J connectivity index is 1.92. The largest absolute Gasteiger partial charge is 0.326 e. The van der Waals surface area contributed by atoms with E-state index >= 15 is 0 Å². The number of amides is 2. The average Bonchev–Trinajstić information content (AvgIpc) is 2.89. The summed E-state index contributed by atoms with van der Waals surface area (Å²) in [5.74, 6) is 0.443. The van der Waals surface area contributed by atoms with Crippen LogP contribution in [-0.2, 0) is 0 Å². The first-order valence-electron chi connectivity index (χ1n) is 13.0. The van der Waals surface area contributed by atoms with Crippen LogP contribution in [0.4, 0.5) is 16.2 Å². The Bertz CT molecular complexity index is 1420. The van der Waals surface area contributed by atoms with E-state index in [1.165, 1.54) is 0 Å². The van der Waals surface area contributed by atoms with Gasteiger partial charge in [-0.15, -0.1) is 0 Å². The van der Waals surface area contributed by atoms with E-state index in [0.717, 1.165) is 40.6 Å². The van der Waals surface area contributed by atoms with E-state index in [4.69, 9.17) is 0 Å². The van der Waals surface area contributed by atoms with Crippen LogP contribution in [0, 0.1) is 0 Å². The van der Waals surface area contributed by atoms with Crippen molar-refractivity contribution in [1.82, 2.24) is 15.0 Å². The number of fused-ring (bicyclic) bond motifs is 1. The van der Waals surface area contributed by atoms with Gasteiger partial charge in [0.1, 0.15) is 11.3 Å². The Morgan fingerprint density at radius 1 is 1.00 bits per heavy atom. The highest BCUT2D eigenvalue weighted by Gasteiger charge is 2.27. The van der Waals surface area contributed by atoms with E-state index in [0.29, 0.717) is 23.4 Å². The number of anilines is 2. The molecule has 37 heavy (non-hydrogen) atoms. The van der Waals surface area contributed by atoms with Gasteiger partial charge in [0.05, 0.1) is 0 Å². The maximum Gasteiger partial charge on any atom is 0.326 e. The number of para-hydroxylation sites is 1. The summed E-state index contributed by atoms with van der Waals surface area (Å²) < 4.78 is 0. The molecule has 0 bridgehead atoms. The van der Waals surface area contributed by atoms with Gasteiger partial charge in [-0.2, -0.15) is 0 Å². The quantitative estimate of drug-likeness (QED) is 0.272. The lowest BCUT2D eigenvalue weighted by molar-refractivity contribution is 0.256. The predicted molar refractivity (Wildman–Crippen MR) is 151 cm³/mol. The Labute approximate surface area is 218 Å². The fourth-order valence-electron chi connectivity index (χ4n) is 4.68. The normalized spacial score (nSPS) is 11.3. The number of benzene rings is 1. The number of hydrogen-bond donors (Lipinski definition) is 2. The molecule has 1 aromatic carbocycles. The maximum absolute atomic E-state index is 14.1. The third-order valence-electron chi connectivity index (χ3n) is 6.57. The second-order valence-corrected chi connectivity index (χ2v) is 9.88. The average molecular weight is 498 g/mol. The highest BCUT2D eigenvalue weighted by Crippen LogP contribution is 2.36. The number of carbonyl (C=O) groups excluding carboxylic acids is 1. The number of aromatic nitrogens is 3. The minimum atomic E-state index is -0.363. The Kier molecular flexibility index (Phi) is 8.01. The third-order valence-corrected chi connectivity index (χ3v) is 6.57. The summed E-state index contributed by atoms with van der Waals surface area (Å²) in [5.41, 5.74) is 4.76. The lowest BCUT2D eigenvalue weighted by Crippen LogP contribution is -2.40. The first-order valence-corrected chi connectivity index (χ1v) is 13.0. The SMILES string of the molecule is CCCCN(C(=O)Nc1c(C(C)C)cccc1C(C)C)c1c(-c2cccnc2)c2cccnc2[nH]c1=O. The molecule has 0 saturated carbocycles. The van der Waals surface area contributed by atoms with E-state index < -0.39 is 0 Å². The van der Waals surface area contributed by atoms with E-state index in [1.54, 1.807) is 23.5 Å². The van der Waals surface area contributed by atoms with Crippen LogP contribution in [0.2, 0.25) is 0 Å². The van der Waals surface area contributed by atoms with Gasteiger partial charge in [-0.3, -0.25) is 14.7 Å². The highest BCUT2D eigenvalue weighted by atomic mass is 16.2. The number of unbranched alkanes of at least 4 members (excludes halogenated alkanes) is 1. The molecule has 0 fully saturated rings. The summed E-state index contributed by atoms with van der Waals surface area (Å²) in [6.07, 6.45) is 6.66. The molecule has 7 heteroatoms. The minimum absolute atomic E-state index is 0.221. The van der Waals surface area contributed by atoms with Crippen LogP contribution in [-0.4, -0.2) is 27.5 Å². The molecule has 0 atom stereocenters. The fraction of sp³-hybridized carbons (Fsp3) is 0.333. The monoisotopic (exact) mass is 497 g/mol. The van der Waals surface area contributed by atoms with Crippen LogP contribution < -0.4 is 15.8 Å².